The summed E-state index contributed by atoms with van der Waals surface area (Å²) in [6.07, 6.45) is 0. The Hall–Kier alpha value is -0.0800. The largest absolute Gasteiger partial charge is 0.318 e. The predicted octanol–water partition coefficient (Wildman–Crippen LogP) is -0.186. The normalized spacial score (nSPS) is 14.1. The van der Waals surface area contributed by atoms with Gasteiger partial charge in [0.15, 0.2) is 0 Å². The van der Waals surface area contributed by atoms with E-state index in [1.807, 2.05) is 14.1 Å². The third kappa shape index (κ3) is 3.76. The summed E-state index contributed by atoms with van der Waals surface area (Å²) in [7, 11) is 3.91. The van der Waals surface area contributed by atoms with Crippen molar-refractivity contribution in [2.75, 3.05) is 20.6 Å². The molecule has 44 valence electrons. The number of rotatable bonds is 3. The zero-order chi connectivity index (χ0) is 5.70. The summed E-state index contributed by atoms with van der Waals surface area (Å²) >= 11 is 0. The van der Waals surface area contributed by atoms with Gasteiger partial charge in [-0.3, -0.25) is 0 Å². The molecule has 0 aliphatic rings. The van der Waals surface area contributed by atoms with Crippen LogP contribution in [0.2, 0.25) is 0 Å². The fraction of sp³-hybridized carbons (Fsp3) is 1.00. The average Bonchev–Trinajstić information content (AvgIpc) is 1.68. The molecule has 1 unspecified atom stereocenters. The topological polar surface area (TPSA) is 24.1 Å². The van der Waals surface area contributed by atoms with Crippen LogP contribution in [-0.4, -0.2) is 26.7 Å². The molecule has 0 saturated carbocycles. The van der Waals surface area contributed by atoms with E-state index in [1.54, 1.807) is 0 Å². The first kappa shape index (κ1) is 6.92. The van der Waals surface area contributed by atoms with Crippen molar-refractivity contribution in [3.05, 3.63) is 0 Å². The van der Waals surface area contributed by atoms with Gasteiger partial charge in [-0.15, -0.1) is 0 Å². The molecule has 0 aromatic carbocycles. The van der Waals surface area contributed by atoms with Crippen LogP contribution in [-0.2, 0) is 0 Å². The van der Waals surface area contributed by atoms with Gasteiger partial charge in [0.2, 0.25) is 0 Å². The maximum absolute atomic E-state index is 3.10. The fourth-order valence-electron chi connectivity index (χ4n) is 0.408. The number of likely N-dealkylation sites (N-methyl/N-ethyl adjacent to an activating group) is 2. The lowest BCUT2D eigenvalue weighted by Crippen LogP contribution is -2.31. The molecular weight excluding hydrogens is 88.1 g/mol. The standard InChI is InChI=1S/C5H14N2/c1-5(7-3)4-6-2/h5-7H,4H2,1-3H3. The number of nitrogens with one attached hydrogen (secondary N) is 2. The summed E-state index contributed by atoms with van der Waals surface area (Å²) in [6, 6.07) is 0.588. The SMILES string of the molecule is CNCC(C)NC. The Morgan fingerprint density at radius 2 is 2.00 bits per heavy atom. The lowest BCUT2D eigenvalue weighted by Gasteiger charge is -2.06. The monoisotopic (exact) mass is 102 g/mol. The van der Waals surface area contributed by atoms with E-state index in [9.17, 15) is 0 Å². The van der Waals surface area contributed by atoms with Crippen LogP contribution < -0.4 is 10.6 Å². The molecule has 7 heavy (non-hydrogen) atoms. The van der Waals surface area contributed by atoms with Crippen molar-refractivity contribution in [2.45, 2.75) is 13.0 Å². The molecule has 0 aromatic heterocycles. The maximum atomic E-state index is 3.10. The van der Waals surface area contributed by atoms with E-state index in [1.165, 1.54) is 0 Å². The summed E-state index contributed by atoms with van der Waals surface area (Å²) in [5, 5.41) is 6.16. The molecule has 2 heteroatoms. The fourth-order valence-corrected chi connectivity index (χ4v) is 0.408. The minimum Gasteiger partial charge on any atom is -0.318 e. The average molecular weight is 102 g/mol. The van der Waals surface area contributed by atoms with E-state index >= 15 is 0 Å². The van der Waals surface area contributed by atoms with Crippen LogP contribution in [0.5, 0.6) is 0 Å². The second-order valence-electron chi connectivity index (χ2n) is 1.75. The molecule has 1 atom stereocenters. The van der Waals surface area contributed by atoms with Crippen molar-refractivity contribution in [1.29, 1.82) is 0 Å². The van der Waals surface area contributed by atoms with Crippen LogP contribution in [0.4, 0.5) is 0 Å². The summed E-state index contributed by atoms with van der Waals surface area (Å²) in [5.74, 6) is 0. The van der Waals surface area contributed by atoms with Crippen molar-refractivity contribution < 1.29 is 0 Å². The molecule has 0 aromatic rings. The van der Waals surface area contributed by atoms with Crippen molar-refractivity contribution in [1.82, 2.24) is 10.6 Å². The molecular formula is C5H14N2. The highest BCUT2D eigenvalue weighted by Gasteiger charge is 1.90. The first-order chi connectivity index (χ1) is 3.31. The molecule has 0 heterocycles. The van der Waals surface area contributed by atoms with E-state index in [4.69, 9.17) is 0 Å². The highest BCUT2D eigenvalue weighted by atomic mass is 14.9. The molecule has 0 rings (SSSR count). The molecule has 0 aliphatic carbocycles. The summed E-state index contributed by atoms with van der Waals surface area (Å²) in [4.78, 5) is 0. The van der Waals surface area contributed by atoms with E-state index in [-0.39, 0.29) is 0 Å². The van der Waals surface area contributed by atoms with Gasteiger partial charge in [0.25, 0.3) is 0 Å². The van der Waals surface area contributed by atoms with Crippen LogP contribution in [0.25, 0.3) is 0 Å². The molecule has 2 nitrogen and oxygen atoms in total. The van der Waals surface area contributed by atoms with Crippen molar-refractivity contribution in [3.63, 3.8) is 0 Å². The summed E-state index contributed by atoms with van der Waals surface area (Å²) in [6.45, 7) is 3.17. The Bertz CT molecular complexity index is 37.1. The van der Waals surface area contributed by atoms with Gasteiger partial charge in [-0.25, -0.2) is 0 Å². The van der Waals surface area contributed by atoms with Crippen LogP contribution in [0.1, 0.15) is 6.92 Å². The molecule has 0 fully saturated rings. The molecule has 0 radical (unpaired) electrons. The second kappa shape index (κ2) is 4.09. The van der Waals surface area contributed by atoms with Crippen molar-refractivity contribution in [3.8, 4) is 0 Å². The van der Waals surface area contributed by atoms with Crippen molar-refractivity contribution in [2.24, 2.45) is 0 Å². The lowest BCUT2D eigenvalue weighted by atomic mass is 10.3. The van der Waals surface area contributed by atoms with Gasteiger partial charge in [-0.1, -0.05) is 0 Å². The van der Waals surface area contributed by atoms with Crippen LogP contribution in [0.15, 0.2) is 0 Å². The Morgan fingerprint density at radius 3 is 2.14 bits per heavy atom. The minimum absolute atomic E-state index is 0.588. The zero-order valence-electron chi connectivity index (χ0n) is 5.28. The van der Waals surface area contributed by atoms with Crippen LogP contribution >= 0.6 is 0 Å². The number of hydrogen-bond donors (Lipinski definition) is 2. The quantitative estimate of drug-likeness (QED) is 0.516. The van der Waals surface area contributed by atoms with Crippen LogP contribution in [0, 0.1) is 0 Å². The Labute approximate surface area is 45.3 Å². The minimum atomic E-state index is 0.588. The predicted molar refractivity (Wildman–Crippen MR) is 32.4 cm³/mol. The Morgan fingerprint density at radius 1 is 1.43 bits per heavy atom. The lowest BCUT2D eigenvalue weighted by molar-refractivity contribution is 0.573. The van der Waals surface area contributed by atoms with Gasteiger partial charge < -0.3 is 10.6 Å². The van der Waals surface area contributed by atoms with Gasteiger partial charge in [0.1, 0.15) is 0 Å². The molecule has 0 spiro atoms. The first-order valence-electron chi connectivity index (χ1n) is 2.63. The smallest absolute Gasteiger partial charge is 0.0161 e. The molecule has 0 saturated heterocycles. The molecule has 0 bridgehead atoms. The molecule has 2 N–H and O–H groups in total. The van der Waals surface area contributed by atoms with Gasteiger partial charge in [-0.2, -0.15) is 0 Å². The summed E-state index contributed by atoms with van der Waals surface area (Å²) in [5.41, 5.74) is 0. The molecule has 0 aliphatic heterocycles. The zero-order valence-corrected chi connectivity index (χ0v) is 5.28. The number of hydrogen-bond acceptors (Lipinski definition) is 2. The van der Waals surface area contributed by atoms with E-state index in [0.717, 1.165) is 6.54 Å². The highest BCUT2D eigenvalue weighted by molar-refractivity contribution is 4.56. The van der Waals surface area contributed by atoms with Gasteiger partial charge in [0, 0.05) is 12.6 Å². The highest BCUT2D eigenvalue weighted by Crippen LogP contribution is 1.70. The van der Waals surface area contributed by atoms with E-state index in [0.29, 0.717) is 6.04 Å². The Kier molecular flexibility index (Phi) is 4.04. The third-order valence-electron chi connectivity index (χ3n) is 1.00. The van der Waals surface area contributed by atoms with Crippen molar-refractivity contribution >= 4 is 0 Å². The Balaban J connectivity index is 2.83. The van der Waals surface area contributed by atoms with Gasteiger partial charge >= 0.3 is 0 Å². The van der Waals surface area contributed by atoms with Gasteiger partial charge in [0.05, 0.1) is 0 Å². The third-order valence-corrected chi connectivity index (χ3v) is 1.00. The van der Waals surface area contributed by atoms with Crippen LogP contribution in [0.3, 0.4) is 0 Å². The van der Waals surface area contributed by atoms with E-state index in [2.05, 4.69) is 17.6 Å². The van der Waals surface area contributed by atoms with E-state index < -0.39 is 0 Å². The first-order valence-corrected chi connectivity index (χ1v) is 2.63. The van der Waals surface area contributed by atoms with Gasteiger partial charge in [-0.05, 0) is 21.0 Å². The maximum Gasteiger partial charge on any atom is 0.0161 e. The second-order valence-corrected chi connectivity index (χ2v) is 1.75. The summed E-state index contributed by atoms with van der Waals surface area (Å²) < 4.78 is 0. The molecule has 0 amide bonds.